The Kier molecular flexibility index (Phi) is 3.98. The van der Waals surface area contributed by atoms with Gasteiger partial charge in [0, 0.05) is 0 Å². The summed E-state index contributed by atoms with van der Waals surface area (Å²) in [6.07, 6.45) is 6.75. The number of hydrogen-bond donors (Lipinski definition) is 0. The lowest BCUT2D eigenvalue weighted by Gasteiger charge is -2.19. The molecule has 2 aromatic carbocycles. The molecule has 3 rings (SSSR count). The molecule has 0 saturated heterocycles. The summed E-state index contributed by atoms with van der Waals surface area (Å²) in [7, 11) is 0. The van der Waals surface area contributed by atoms with E-state index in [1.165, 1.54) is 43.2 Å². The molecule has 2 aromatic rings. The molecule has 0 heterocycles. The largest absolute Gasteiger partial charge is 0.0622 e. The second-order valence-electron chi connectivity index (χ2n) is 5.83. The molecule has 1 aliphatic carbocycles. The van der Waals surface area contributed by atoms with Crippen molar-refractivity contribution in [3.05, 3.63) is 71.8 Å². The Balaban J connectivity index is 1.65. The average molecular weight is 250 g/mol. The zero-order valence-electron chi connectivity index (χ0n) is 11.5. The van der Waals surface area contributed by atoms with E-state index < -0.39 is 0 Å². The van der Waals surface area contributed by atoms with Gasteiger partial charge < -0.3 is 0 Å². The van der Waals surface area contributed by atoms with E-state index in [1.54, 1.807) is 0 Å². The van der Waals surface area contributed by atoms with Crippen LogP contribution < -0.4 is 0 Å². The lowest BCUT2D eigenvalue weighted by atomic mass is 9.85. The molecule has 1 saturated carbocycles. The highest BCUT2D eigenvalue weighted by Crippen LogP contribution is 2.36. The normalized spacial score (nSPS) is 22.5. The summed E-state index contributed by atoms with van der Waals surface area (Å²) in [4.78, 5) is 0. The SMILES string of the molecule is c1ccc(CC2CCCC2Cc2ccccc2)cc1. The van der Waals surface area contributed by atoms with Gasteiger partial charge in [0.1, 0.15) is 0 Å². The summed E-state index contributed by atoms with van der Waals surface area (Å²) in [6.45, 7) is 0. The first-order valence-corrected chi connectivity index (χ1v) is 7.49. The molecule has 2 unspecified atom stereocenters. The van der Waals surface area contributed by atoms with Gasteiger partial charge in [-0.2, -0.15) is 0 Å². The monoisotopic (exact) mass is 250 g/mol. The Hall–Kier alpha value is -1.56. The first-order valence-electron chi connectivity index (χ1n) is 7.49. The zero-order chi connectivity index (χ0) is 12.9. The second kappa shape index (κ2) is 6.06. The highest BCUT2D eigenvalue weighted by Gasteiger charge is 2.27. The summed E-state index contributed by atoms with van der Waals surface area (Å²) in [5, 5.41) is 0. The fraction of sp³-hybridized carbons (Fsp3) is 0.368. The van der Waals surface area contributed by atoms with Crippen LogP contribution in [-0.4, -0.2) is 0 Å². The summed E-state index contributed by atoms with van der Waals surface area (Å²) >= 11 is 0. The third-order valence-corrected chi connectivity index (χ3v) is 4.50. The van der Waals surface area contributed by atoms with E-state index in [-0.39, 0.29) is 0 Å². The van der Waals surface area contributed by atoms with Gasteiger partial charge in [0.2, 0.25) is 0 Å². The van der Waals surface area contributed by atoms with E-state index in [0.717, 1.165) is 11.8 Å². The van der Waals surface area contributed by atoms with Crippen molar-refractivity contribution in [3.8, 4) is 0 Å². The van der Waals surface area contributed by atoms with Gasteiger partial charge in [0.15, 0.2) is 0 Å². The summed E-state index contributed by atoms with van der Waals surface area (Å²) in [5.74, 6) is 1.75. The minimum Gasteiger partial charge on any atom is -0.0622 e. The smallest absolute Gasteiger partial charge is 0.0248 e. The van der Waals surface area contributed by atoms with Crippen molar-refractivity contribution in [2.45, 2.75) is 32.1 Å². The van der Waals surface area contributed by atoms with Crippen molar-refractivity contribution in [2.24, 2.45) is 11.8 Å². The van der Waals surface area contributed by atoms with Crippen LogP contribution in [0.25, 0.3) is 0 Å². The van der Waals surface area contributed by atoms with Crippen molar-refractivity contribution < 1.29 is 0 Å². The fourth-order valence-corrected chi connectivity index (χ4v) is 3.48. The highest BCUT2D eigenvalue weighted by molar-refractivity contribution is 5.18. The van der Waals surface area contributed by atoms with Crippen LogP contribution in [0.5, 0.6) is 0 Å². The molecule has 0 nitrogen and oxygen atoms in total. The van der Waals surface area contributed by atoms with Crippen LogP contribution in [0, 0.1) is 11.8 Å². The Labute approximate surface area is 116 Å². The molecule has 0 spiro atoms. The zero-order valence-corrected chi connectivity index (χ0v) is 11.5. The topological polar surface area (TPSA) is 0 Å². The molecule has 1 fully saturated rings. The van der Waals surface area contributed by atoms with Crippen LogP contribution in [0.3, 0.4) is 0 Å². The summed E-state index contributed by atoms with van der Waals surface area (Å²) in [6, 6.07) is 22.0. The maximum Gasteiger partial charge on any atom is -0.0248 e. The first kappa shape index (κ1) is 12.5. The van der Waals surface area contributed by atoms with Gasteiger partial charge in [-0.15, -0.1) is 0 Å². The third kappa shape index (κ3) is 3.26. The van der Waals surface area contributed by atoms with Gasteiger partial charge in [-0.25, -0.2) is 0 Å². The standard InChI is InChI=1S/C19H22/c1-3-8-16(9-4-1)14-18-12-7-13-19(18)15-17-10-5-2-6-11-17/h1-6,8-11,18-19H,7,12-15H2. The van der Waals surface area contributed by atoms with Crippen molar-refractivity contribution in [1.82, 2.24) is 0 Å². The van der Waals surface area contributed by atoms with Gasteiger partial charge in [0.25, 0.3) is 0 Å². The van der Waals surface area contributed by atoms with Gasteiger partial charge in [-0.05, 0) is 48.6 Å². The third-order valence-electron chi connectivity index (χ3n) is 4.50. The molecular weight excluding hydrogens is 228 g/mol. The van der Waals surface area contributed by atoms with Crippen LogP contribution in [-0.2, 0) is 12.8 Å². The Morgan fingerprint density at radius 1 is 0.632 bits per heavy atom. The Morgan fingerprint density at radius 3 is 1.47 bits per heavy atom. The summed E-state index contributed by atoms with van der Waals surface area (Å²) < 4.78 is 0. The molecule has 19 heavy (non-hydrogen) atoms. The van der Waals surface area contributed by atoms with Gasteiger partial charge in [0.05, 0.1) is 0 Å². The summed E-state index contributed by atoms with van der Waals surface area (Å²) in [5.41, 5.74) is 3.01. The lowest BCUT2D eigenvalue weighted by molar-refractivity contribution is 0.383. The van der Waals surface area contributed by atoms with E-state index in [4.69, 9.17) is 0 Å². The molecular formula is C19H22. The van der Waals surface area contributed by atoms with Crippen LogP contribution >= 0.6 is 0 Å². The number of benzene rings is 2. The molecule has 0 bridgehead atoms. The average Bonchev–Trinajstić information content (AvgIpc) is 2.88. The molecule has 0 amide bonds. The van der Waals surface area contributed by atoms with E-state index >= 15 is 0 Å². The van der Waals surface area contributed by atoms with E-state index in [1.807, 2.05) is 0 Å². The maximum atomic E-state index is 2.28. The quantitative estimate of drug-likeness (QED) is 0.725. The number of hydrogen-bond acceptors (Lipinski definition) is 0. The molecule has 0 radical (unpaired) electrons. The first-order chi connectivity index (χ1) is 9.42. The lowest BCUT2D eigenvalue weighted by Crippen LogP contribution is -2.13. The molecule has 0 heteroatoms. The van der Waals surface area contributed by atoms with Crippen LogP contribution in [0.2, 0.25) is 0 Å². The van der Waals surface area contributed by atoms with Gasteiger partial charge >= 0.3 is 0 Å². The van der Waals surface area contributed by atoms with E-state index in [2.05, 4.69) is 60.7 Å². The Morgan fingerprint density at radius 2 is 1.05 bits per heavy atom. The fourth-order valence-electron chi connectivity index (χ4n) is 3.48. The predicted octanol–water partition coefficient (Wildman–Crippen LogP) is 4.89. The Bertz CT molecular complexity index is 438. The number of rotatable bonds is 4. The van der Waals surface area contributed by atoms with Crippen molar-refractivity contribution >= 4 is 0 Å². The van der Waals surface area contributed by atoms with Gasteiger partial charge in [-0.1, -0.05) is 67.1 Å². The van der Waals surface area contributed by atoms with Crippen LogP contribution in [0.1, 0.15) is 30.4 Å². The van der Waals surface area contributed by atoms with Crippen LogP contribution in [0.4, 0.5) is 0 Å². The minimum atomic E-state index is 0.877. The second-order valence-corrected chi connectivity index (χ2v) is 5.83. The maximum absolute atomic E-state index is 2.28. The van der Waals surface area contributed by atoms with Crippen molar-refractivity contribution in [1.29, 1.82) is 0 Å². The van der Waals surface area contributed by atoms with Gasteiger partial charge in [-0.3, -0.25) is 0 Å². The van der Waals surface area contributed by atoms with E-state index in [9.17, 15) is 0 Å². The molecule has 0 aliphatic heterocycles. The predicted molar refractivity (Wildman–Crippen MR) is 81.1 cm³/mol. The molecule has 2 atom stereocenters. The highest BCUT2D eigenvalue weighted by atomic mass is 14.3. The molecule has 0 aromatic heterocycles. The minimum absolute atomic E-state index is 0.877. The molecule has 1 aliphatic rings. The van der Waals surface area contributed by atoms with Crippen molar-refractivity contribution in [3.63, 3.8) is 0 Å². The molecule has 98 valence electrons. The molecule has 0 N–H and O–H groups in total. The van der Waals surface area contributed by atoms with Crippen LogP contribution in [0.15, 0.2) is 60.7 Å². The van der Waals surface area contributed by atoms with E-state index in [0.29, 0.717) is 0 Å². The van der Waals surface area contributed by atoms with Crippen molar-refractivity contribution in [2.75, 3.05) is 0 Å².